The van der Waals surface area contributed by atoms with Crippen LogP contribution in [0.4, 0.5) is 5.13 Å². The van der Waals surface area contributed by atoms with E-state index in [2.05, 4.69) is 10.3 Å². The fourth-order valence-corrected chi connectivity index (χ4v) is 2.03. The highest BCUT2D eigenvalue weighted by molar-refractivity contribution is 7.81. The highest BCUT2D eigenvalue weighted by atomic mass is 32.1. The second-order valence-electron chi connectivity index (χ2n) is 2.99. The molecule has 82 valence electrons. The van der Waals surface area contributed by atoms with Gasteiger partial charge in [0.15, 0.2) is 5.13 Å². The summed E-state index contributed by atoms with van der Waals surface area (Å²) in [6.07, 6.45) is 1.66. The molecule has 0 spiro atoms. The number of nitrogens with zero attached hydrogens (tertiary/aromatic N) is 1. The van der Waals surface area contributed by atoms with Gasteiger partial charge in [-0.2, -0.15) is 0 Å². The van der Waals surface area contributed by atoms with Gasteiger partial charge in [-0.15, -0.1) is 11.3 Å². The minimum Gasteiger partial charge on any atom is -0.508 e. The van der Waals surface area contributed by atoms with Gasteiger partial charge in [-0.3, -0.25) is 0 Å². The van der Waals surface area contributed by atoms with Crippen molar-refractivity contribution < 1.29 is 10.2 Å². The Hall–Kier alpha value is -1.66. The fourth-order valence-electron chi connectivity index (χ4n) is 1.16. The fraction of sp³-hybridized carbons (Fsp3) is 0. The minimum absolute atomic E-state index is 0.00158. The van der Waals surface area contributed by atoms with Crippen LogP contribution in [0.25, 0.3) is 0 Å². The van der Waals surface area contributed by atoms with Crippen molar-refractivity contribution in [3.63, 3.8) is 0 Å². The predicted molar refractivity (Wildman–Crippen MR) is 67.2 cm³/mol. The lowest BCUT2D eigenvalue weighted by Gasteiger charge is -2.07. The molecular formula is C10H8N2O2S2. The first-order valence-corrected chi connectivity index (χ1v) is 5.68. The highest BCUT2D eigenvalue weighted by Gasteiger charge is 2.08. The van der Waals surface area contributed by atoms with Gasteiger partial charge >= 0.3 is 0 Å². The number of thiazole rings is 1. The molecule has 6 heteroatoms. The van der Waals surface area contributed by atoms with Crippen LogP contribution in [0, 0.1) is 0 Å². The SMILES string of the molecule is Oc1ccc(C(=S)Nc2nccs2)c(O)c1. The summed E-state index contributed by atoms with van der Waals surface area (Å²) in [5, 5.41) is 24.1. The Labute approximate surface area is 101 Å². The van der Waals surface area contributed by atoms with Crippen molar-refractivity contribution in [3.05, 3.63) is 35.3 Å². The standard InChI is InChI=1S/C10H8N2O2S2/c13-6-1-2-7(8(14)5-6)9(15)12-10-11-3-4-16-10/h1-5,13-14H,(H,11,12,15). The second kappa shape index (κ2) is 4.46. The first-order valence-electron chi connectivity index (χ1n) is 4.39. The number of nitrogens with one attached hydrogen (secondary N) is 1. The summed E-state index contributed by atoms with van der Waals surface area (Å²) < 4.78 is 0. The van der Waals surface area contributed by atoms with Crippen LogP contribution >= 0.6 is 23.6 Å². The van der Waals surface area contributed by atoms with Gasteiger partial charge in [-0.25, -0.2) is 4.98 Å². The molecular weight excluding hydrogens is 244 g/mol. The van der Waals surface area contributed by atoms with Crippen LogP contribution in [0.3, 0.4) is 0 Å². The van der Waals surface area contributed by atoms with E-state index in [0.29, 0.717) is 15.7 Å². The number of aromatic nitrogens is 1. The predicted octanol–water partition coefficient (Wildman–Crippen LogP) is 2.34. The highest BCUT2D eigenvalue weighted by Crippen LogP contribution is 2.24. The van der Waals surface area contributed by atoms with Crippen LogP contribution in [-0.4, -0.2) is 20.2 Å². The van der Waals surface area contributed by atoms with Crippen molar-refractivity contribution in [2.24, 2.45) is 0 Å². The van der Waals surface area contributed by atoms with E-state index in [1.54, 1.807) is 12.3 Å². The number of hydrogen-bond donors (Lipinski definition) is 3. The minimum atomic E-state index is -0.0611. The molecule has 1 heterocycles. The zero-order valence-electron chi connectivity index (χ0n) is 8.04. The van der Waals surface area contributed by atoms with Crippen LogP contribution < -0.4 is 5.32 Å². The van der Waals surface area contributed by atoms with E-state index in [9.17, 15) is 5.11 Å². The molecule has 0 unspecified atom stereocenters. The van der Waals surface area contributed by atoms with Gasteiger partial charge in [-0.1, -0.05) is 12.2 Å². The van der Waals surface area contributed by atoms with Gasteiger partial charge in [0, 0.05) is 17.6 Å². The van der Waals surface area contributed by atoms with Crippen molar-refractivity contribution in [2.75, 3.05) is 5.32 Å². The van der Waals surface area contributed by atoms with Gasteiger partial charge in [0.25, 0.3) is 0 Å². The Morgan fingerprint density at radius 3 is 2.81 bits per heavy atom. The maximum absolute atomic E-state index is 9.59. The third-order valence-electron chi connectivity index (χ3n) is 1.88. The lowest BCUT2D eigenvalue weighted by atomic mass is 10.2. The summed E-state index contributed by atoms with van der Waals surface area (Å²) >= 11 is 6.53. The average molecular weight is 252 g/mol. The number of phenols is 2. The Bertz CT molecular complexity index is 512. The number of benzene rings is 1. The van der Waals surface area contributed by atoms with Crippen LogP contribution in [0.1, 0.15) is 5.56 Å². The molecule has 0 saturated carbocycles. The molecule has 0 atom stereocenters. The summed E-state index contributed by atoms with van der Waals surface area (Å²) in [7, 11) is 0. The molecule has 0 aliphatic carbocycles. The van der Waals surface area contributed by atoms with E-state index in [1.807, 2.05) is 5.38 Å². The van der Waals surface area contributed by atoms with Crippen molar-refractivity contribution in [1.82, 2.24) is 4.98 Å². The lowest BCUT2D eigenvalue weighted by molar-refractivity contribution is 0.450. The first-order chi connectivity index (χ1) is 7.66. The number of rotatable bonds is 2. The molecule has 2 rings (SSSR count). The van der Waals surface area contributed by atoms with E-state index in [4.69, 9.17) is 17.3 Å². The summed E-state index contributed by atoms with van der Waals surface area (Å²) in [5.41, 5.74) is 0.461. The molecule has 1 aromatic carbocycles. The first kappa shape index (κ1) is 10.8. The van der Waals surface area contributed by atoms with E-state index < -0.39 is 0 Å². The van der Waals surface area contributed by atoms with Crippen LogP contribution in [0.2, 0.25) is 0 Å². The number of aromatic hydroxyl groups is 2. The Kier molecular flexibility index (Phi) is 3.02. The topological polar surface area (TPSA) is 65.4 Å². The molecule has 0 aliphatic rings. The zero-order valence-corrected chi connectivity index (χ0v) is 9.68. The van der Waals surface area contributed by atoms with Crippen molar-refractivity contribution >= 4 is 33.7 Å². The molecule has 0 bridgehead atoms. The number of phenolic OH excluding ortho intramolecular Hbond substituents is 2. The van der Waals surface area contributed by atoms with Crippen LogP contribution in [-0.2, 0) is 0 Å². The zero-order chi connectivity index (χ0) is 11.5. The normalized spacial score (nSPS) is 10.0. The third kappa shape index (κ3) is 2.29. The molecule has 1 aromatic heterocycles. The largest absolute Gasteiger partial charge is 0.508 e. The second-order valence-corrected chi connectivity index (χ2v) is 4.30. The quantitative estimate of drug-likeness (QED) is 0.716. The maximum Gasteiger partial charge on any atom is 0.187 e. The van der Waals surface area contributed by atoms with Gasteiger partial charge in [0.05, 0.1) is 5.56 Å². The smallest absolute Gasteiger partial charge is 0.187 e. The Morgan fingerprint density at radius 2 is 2.19 bits per heavy atom. The molecule has 0 amide bonds. The molecule has 0 fully saturated rings. The third-order valence-corrected chi connectivity index (χ3v) is 2.89. The van der Waals surface area contributed by atoms with Crippen LogP contribution in [0.15, 0.2) is 29.8 Å². The Balaban J connectivity index is 2.21. The molecule has 0 aliphatic heterocycles. The van der Waals surface area contributed by atoms with Crippen molar-refractivity contribution in [2.45, 2.75) is 0 Å². The van der Waals surface area contributed by atoms with E-state index in [1.165, 1.54) is 23.5 Å². The van der Waals surface area contributed by atoms with E-state index in [0.717, 1.165) is 0 Å². The van der Waals surface area contributed by atoms with Crippen molar-refractivity contribution in [3.8, 4) is 11.5 Å². The summed E-state index contributed by atoms with van der Waals surface area (Å²) in [6.45, 7) is 0. The monoisotopic (exact) mass is 252 g/mol. The van der Waals surface area contributed by atoms with Gasteiger partial charge in [0.2, 0.25) is 0 Å². The molecule has 2 aromatic rings. The Morgan fingerprint density at radius 1 is 1.38 bits per heavy atom. The maximum atomic E-state index is 9.59. The molecule has 4 nitrogen and oxygen atoms in total. The summed E-state index contributed by atoms with van der Waals surface area (Å²) in [5.74, 6) is -0.0626. The molecule has 16 heavy (non-hydrogen) atoms. The van der Waals surface area contributed by atoms with Gasteiger partial charge in [0.1, 0.15) is 16.5 Å². The van der Waals surface area contributed by atoms with Gasteiger partial charge in [-0.05, 0) is 12.1 Å². The van der Waals surface area contributed by atoms with Crippen LogP contribution in [0.5, 0.6) is 11.5 Å². The number of hydrogen-bond acceptors (Lipinski definition) is 5. The average Bonchev–Trinajstić information content (AvgIpc) is 2.70. The van der Waals surface area contributed by atoms with E-state index >= 15 is 0 Å². The molecule has 0 saturated heterocycles. The van der Waals surface area contributed by atoms with E-state index in [-0.39, 0.29) is 11.5 Å². The summed E-state index contributed by atoms with van der Waals surface area (Å²) in [4.78, 5) is 4.39. The van der Waals surface area contributed by atoms with Crippen molar-refractivity contribution in [1.29, 1.82) is 0 Å². The molecule has 0 radical (unpaired) electrons. The number of thiocarbonyl (C=S) groups is 1. The van der Waals surface area contributed by atoms with Gasteiger partial charge < -0.3 is 15.5 Å². The number of anilines is 1. The molecule has 3 N–H and O–H groups in total. The lowest BCUT2D eigenvalue weighted by Crippen LogP contribution is -2.10. The summed E-state index contributed by atoms with van der Waals surface area (Å²) in [6, 6.07) is 4.25.